The lowest BCUT2D eigenvalue weighted by molar-refractivity contribution is -0.114. The summed E-state index contributed by atoms with van der Waals surface area (Å²) in [5.74, 6) is -0.684. The molecular weight excluding hydrogens is 431 g/mol. The number of anilines is 2. The number of amides is 2. The van der Waals surface area contributed by atoms with E-state index in [1.165, 1.54) is 24.5 Å². The summed E-state index contributed by atoms with van der Waals surface area (Å²) in [6, 6.07) is 7.19. The number of hydrogen-bond donors (Lipinski definition) is 2. The molecule has 6 nitrogen and oxygen atoms in total. The first kappa shape index (κ1) is 19.6. The van der Waals surface area contributed by atoms with Gasteiger partial charge in [0.1, 0.15) is 5.69 Å². The van der Waals surface area contributed by atoms with E-state index in [1.54, 1.807) is 17.5 Å². The van der Waals surface area contributed by atoms with Crippen LogP contribution < -0.4 is 10.6 Å². The monoisotopic (exact) mass is 440 g/mol. The Morgan fingerprint density at radius 1 is 1.04 bits per heavy atom. The van der Waals surface area contributed by atoms with Gasteiger partial charge in [-0.15, -0.1) is 11.3 Å². The van der Waals surface area contributed by atoms with Crippen molar-refractivity contribution in [2.75, 3.05) is 10.6 Å². The minimum atomic E-state index is -0.541. The van der Waals surface area contributed by atoms with Crippen LogP contribution in [0.1, 0.15) is 17.4 Å². The van der Waals surface area contributed by atoms with Crippen LogP contribution in [0.4, 0.5) is 10.8 Å². The molecule has 0 saturated carbocycles. The predicted molar refractivity (Wildman–Crippen MR) is 109 cm³/mol. The van der Waals surface area contributed by atoms with Crippen LogP contribution in [-0.2, 0) is 4.79 Å². The Bertz CT molecular complexity index is 1020. The zero-order valence-corrected chi connectivity index (χ0v) is 16.8. The first-order chi connectivity index (χ1) is 12.8. The predicted octanol–water partition coefficient (Wildman–Crippen LogP) is 5.38. The molecule has 138 valence electrons. The van der Waals surface area contributed by atoms with Crippen molar-refractivity contribution < 1.29 is 9.59 Å². The van der Waals surface area contributed by atoms with E-state index in [0.717, 1.165) is 5.56 Å². The highest BCUT2D eigenvalue weighted by atomic mass is 35.5. The summed E-state index contributed by atoms with van der Waals surface area (Å²) < 4.78 is 0. The average molecular weight is 442 g/mol. The van der Waals surface area contributed by atoms with E-state index < -0.39 is 5.91 Å². The number of carbonyl (C=O) groups is 2. The Kier molecular flexibility index (Phi) is 5.96. The zero-order valence-electron chi connectivity index (χ0n) is 13.7. The third-order valence-corrected chi connectivity index (χ3v) is 5.36. The van der Waals surface area contributed by atoms with Crippen molar-refractivity contribution in [3.05, 3.63) is 56.6 Å². The number of aromatic nitrogens is 2. The normalized spacial score (nSPS) is 10.5. The minimum absolute atomic E-state index is 0.0213. The van der Waals surface area contributed by atoms with Gasteiger partial charge in [0.2, 0.25) is 5.91 Å². The smallest absolute Gasteiger partial charge is 0.277 e. The number of halogens is 3. The molecule has 0 aliphatic carbocycles. The van der Waals surface area contributed by atoms with E-state index >= 15 is 0 Å². The molecule has 10 heteroatoms. The molecule has 2 aromatic heterocycles. The molecule has 1 aromatic carbocycles. The molecule has 0 radical (unpaired) electrons. The van der Waals surface area contributed by atoms with Crippen molar-refractivity contribution in [2.45, 2.75) is 6.92 Å². The van der Waals surface area contributed by atoms with E-state index in [9.17, 15) is 9.59 Å². The van der Waals surface area contributed by atoms with E-state index in [0.29, 0.717) is 16.5 Å². The van der Waals surface area contributed by atoms with Crippen LogP contribution in [0.2, 0.25) is 15.1 Å². The fourth-order valence-electron chi connectivity index (χ4n) is 2.15. The van der Waals surface area contributed by atoms with Gasteiger partial charge in [-0.3, -0.25) is 14.9 Å². The standard InChI is InChI=1S/C17H11Cl3N4O2S/c1-8(25)22-10-4-2-9(3-5-10)12-7-27-17(23-12)24-16(26)15-14(20)13(19)11(18)6-21-15/h2-7H,1H3,(H,22,25)(H,23,24,26). The van der Waals surface area contributed by atoms with Crippen molar-refractivity contribution in [3.8, 4) is 11.3 Å². The maximum absolute atomic E-state index is 12.4. The highest BCUT2D eigenvalue weighted by Crippen LogP contribution is 2.32. The van der Waals surface area contributed by atoms with Gasteiger partial charge in [-0.2, -0.15) is 0 Å². The lowest BCUT2D eigenvalue weighted by Gasteiger charge is -2.05. The van der Waals surface area contributed by atoms with Gasteiger partial charge in [0, 0.05) is 29.8 Å². The van der Waals surface area contributed by atoms with Crippen LogP contribution in [0.5, 0.6) is 0 Å². The molecule has 0 unspecified atom stereocenters. The number of rotatable bonds is 4. The number of nitrogens with zero attached hydrogens (tertiary/aromatic N) is 2. The second-order valence-corrected chi connectivity index (χ2v) is 7.35. The largest absolute Gasteiger partial charge is 0.326 e. The molecule has 0 fully saturated rings. The number of pyridine rings is 1. The summed E-state index contributed by atoms with van der Waals surface area (Å²) in [6.45, 7) is 1.44. The molecule has 3 aromatic rings. The fourth-order valence-corrected chi connectivity index (χ4v) is 3.43. The van der Waals surface area contributed by atoms with Crippen LogP contribution in [-0.4, -0.2) is 21.8 Å². The highest BCUT2D eigenvalue weighted by Gasteiger charge is 2.18. The van der Waals surface area contributed by atoms with Gasteiger partial charge >= 0.3 is 0 Å². The fraction of sp³-hybridized carbons (Fsp3) is 0.0588. The lowest BCUT2D eigenvalue weighted by Crippen LogP contribution is -2.14. The summed E-state index contributed by atoms with van der Waals surface area (Å²) in [5.41, 5.74) is 2.17. The number of carbonyl (C=O) groups excluding carboxylic acids is 2. The second-order valence-electron chi connectivity index (χ2n) is 5.33. The average Bonchev–Trinajstić information content (AvgIpc) is 3.08. The number of thiazole rings is 1. The molecule has 0 aliphatic rings. The molecule has 0 bridgehead atoms. The van der Waals surface area contributed by atoms with Crippen molar-refractivity contribution >= 4 is 68.8 Å². The molecule has 0 saturated heterocycles. The first-order valence-corrected chi connectivity index (χ1v) is 9.51. The molecular formula is C17H11Cl3N4O2S. The van der Waals surface area contributed by atoms with E-state index in [-0.39, 0.29) is 26.7 Å². The van der Waals surface area contributed by atoms with Gasteiger partial charge in [0.25, 0.3) is 5.91 Å². The quantitative estimate of drug-likeness (QED) is 0.569. The third-order valence-electron chi connectivity index (χ3n) is 3.36. The maximum atomic E-state index is 12.4. The summed E-state index contributed by atoms with van der Waals surface area (Å²) in [6.07, 6.45) is 1.26. The minimum Gasteiger partial charge on any atom is -0.326 e. The summed E-state index contributed by atoms with van der Waals surface area (Å²) in [5, 5.41) is 7.72. The summed E-state index contributed by atoms with van der Waals surface area (Å²) in [4.78, 5) is 31.7. The molecule has 27 heavy (non-hydrogen) atoms. The Morgan fingerprint density at radius 3 is 2.41 bits per heavy atom. The van der Waals surface area contributed by atoms with Crippen molar-refractivity contribution in [2.24, 2.45) is 0 Å². The summed E-state index contributed by atoms with van der Waals surface area (Å²) in [7, 11) is 0. The van der Waals surface area contributed by atoms with E-state index in [2.05, 4.69) is 20.6 Å². The van der Waals surface area contributed by atoms with Crippen LogP contribution in [0.25, 0.3) is 11.3 Å². The number of nitrogens with one attached hydrogen (secondary N) is 2. The molecule has 0 atom stereocenters. The van der Waals surface area contributed by atoms with Crippen LogP contribution in [0.3, 0.4) is 0 Å². The van der Waals surface area contributed by atoms with Crippen LogP contribution in [0.15, 0.2) is 35.8 Å². The van der Waals surface area contributed by atoms with Crippen molar-refractivity contribution in [1.82, 2.24) is 9.97 Å². The maximum Gasteiger partial charge on any atom is 0.277 e. The van der Waals surface area contributed by atoms with Gasteiger partial charge in [0.05, 0.1) is 20.8 Å². The Balaban J connectivity index is 1.75. The van der Waals surface area contributed by atoms with Crippen molar-refractivity contribution in [3.63, 3.8) is 0 Å². The van der Waals surface area contributed by atoms with Gasteiger partial charge < -0.3 is 5.32 Å². The molecule has 2 N–H and O–H groups in total. The number of hydrogen-bond acceptors (Lipinski definition) is 5. The Labute approximate surface area is 173 Å². The van der Waals surface area contributed by atoms with Crippen LogP contribution >= 0.6 is 46.1 Å². The lowest BCUT2D eigenvalue weighted by atomic mass is 10.1. The zero-order chi connectivity index (χ0) is 19.6. The topological polar surface area (TPSA) is 84.0 Å². The highest BCUT2D eigenvalue weighted by molar-refractivity contribution is 7.14. The molecule has 3 rings (SSSR count). The second kappa shape index (κ2) is 8.22. The van der Waals surface area contributed by atoms with Crippen molar-refractivity contribution in [1.29, 1.82) is 0 Å². The van der Waals surface area contributed by atoms with Gasteiger partial charge in [-0.1, -0.05) is 46.9 Å². The number of benzene rings is 1. The third kappa shape index (κ3) is 4.56. The van der Waals surface area contributed by atoms with Gasteiger partial charge in [0.15, 0.2) is 5.13 Å². The molecule has 2 heterocycles. The molecule has 0 spiro atoms. The SMILES string of the molecule is CC(=O)Nc1ccc(-c2csc(NC(=O)c3ncc(Cl)c(Cl)c3Cl)n2)cc1. The van der Waals surface area contributed by atoms with Gasteiger partial charge in [-0.05, 0) is 12.1 Å². The van der Waals surface area contributed by atoms with Crippen LogP contribution in [0, 0.1) is 0 Å². The Morgan fingerprint density at radius 2 is 1.74 bits per heavy atom. The van der Waals surface area contributed by atoms with E-state index in [4.69, 9.17) is 34.8 Å². The van der Waals surface area contributed by atoms with Gasteiger partial charge in [-0.25, -0.2) is 9.97 Å². The first-order valence-electron chi connectivity index (χ1n) is 7.49. The molecule has 0 aliphatic heterocycles. The molecule has 2 amide bonds. The Hall–Kier alpha value is -2.19. The summed E-state index contributed by atoms with van der Waals surface area (Å²) >= 11 is 19.0. The van der Waals surface area contributed by atoms with E-state index in [1.807, 2.05) is 12.1 Å².